The Morgan fingerprint density at radius 2 is 1.62 bits per heavy atom. The standard InChI is InChI=1S/C29H30N4O4/c1-37-21-16-14-20(15-17-21)31-29(36)23-19-33(26-12-7-4-9-22(26)28(23)35)18-8-2-3-13-27(34)32-25-11-6-5-10-24(25)30/h4-7,9-12,14-17,19H,2-3,8,13,18,30H2,1H3,(H,31,36)(H,32,34). The number of pyridine rings is 1. The molecule has 0 unspecified atom stereocenters. The third-order valence-corrected chi connectivity index (χ3v) is 6.12. The van der Waals surface area contributed by atoms with Crippen molar-refractivity contribution < 1.29 is 14.3 Å². The molecule has 1 aromatic heterocycles. The molecule has 4 N–H and O–H groups in total. The van der Waals surface area contributed by atoms with Crippen molar-refractivity contribution in [3.63, 3.8) is 0 Å². The number of methoxy groups -OCH3 is 1. The SMILES string of the molecule is COc1ccc(NC(=O)c2cn(CCCCCC(=O)Nc3ccccc3N)c3ccccc3c2=O)cc1. The number of nitrogen functional groups attached to an aromatic ring is 1. The van der Waals surface area contributed by atoms with Gasteiger partial charge in [-0.1, -0.05) is 30.7 Å². The number of para-hydroxylation sites is 3. The Balaban J connectivity index is 1.40. The zero-order valence-corrected chi connectivity index (χ0v) is 20.7. The molecule has 1 heterocycles. The highest BCUT2D eigenvalue weighted by Gasteiger charge is 2.16. The molecule has 0 bridgehead atoms. The predicted molar refractivity (Wildman–Crippen MR) is 147 cm³/mol. The summed E-state index contributed by atoms with van der Waals surface area (Å²) < 4.78 is 7.08. The second-order valence-corrected chi connectivity index (χ2v) is 8.71. The molecule has 0 aliphatic rings. The Bertz CT molecular complexity index is 1460. The van der Waals surface area contributed by atoms with Gasteiger partial charge < -0.3 is 25.7 Å². The van der Waals surface area contributed by atoms with Gasteiger partial charge >= 0.3 is 0 Å². The summed E-state index contributed by atoms with van der Waals surface area (Å²) in [5.41, 5.74) is 8.14. The number of unbranched alkanes of at least 4 members (excludes halogenated alkanes) is 2. The zero-order chi connectivity index (χ0) is 26.2. The van der Waals surface area contributed by atoms with Crippen molar-refractivity contribution in [2.45, 2.75) is 32.2 Å². The Morgan fingerprint density at radius 3 is 2.38 bits per heavy atom. The van der Waals surface area contributed by atoms with Crippen LogP contribution in [0.1, 0.15) is 36.0 Å². The summed E-state index contributed by atoms with van der Waals surface area (Å²) in [5, 5.41) is 6.12. The van der Waals surface area contributed by atoms with Crippen molar-refractivity contribution in [1.29, 1.82) is 0 Å². The van der Waals surface area contributed by atoms with Gasteiger partial charge in [0.15, 0.2) is 0 Å². The van der Waals surface area contributed by atoms with E-state index in [1.165, 1.54) is 0 Å². The smallest absolute Gasteiger partial charge is 0.261 e. The van der Waals surface area contributed by atoms with E-state index in [1.807, 2.05) is 28.8 Å². The molecule has 3 aromatic carbocycles. The lowest BCUT2D eigenvalue weighted by atomic mass is 10.1. The average molecular weight is 499 g/mol. The first-order valence-corrected chi connectivity index (χ1v) is 12.2. The normalized spacial score (nSPS) is 10.7. The molecule has 0 radical (unpaired) electrons. The number of aromatic nitrogens is 1. The minimum Gasteiger partial charge on any atom is -0.497 e. The van der Waals surface area contributed by atoms with Gasteiger partial charge in [-0.25, -0.2) is 0 Å². The first-order valence-electron chi connectivity index (χ1n) is 12.2. The number of hydrogen-bond acceptors (Lipinski definition) is 5. The number of nitrogens with one attached hydrogen (secondary N) is 2. The van der Waals surface area contributed by atoms with Crippen LogP contribution in [0.3, 0.4) is 0 Å². The van der Waals surface area contributed by atoms with Crippen molar-refractivity contribution >= 4 is 39.8 Å². The fourth-order valence-corrected chi connectivity index (χ4v) is 4.13. The van der Waals surface area contributed by atoms with E-state index in [4.69, 9.17) is 10.5 Å². The van der Waals surface area contributed by atoms with E-state index in [-0.39, 0.29) is 16.9 Å². The third-order valence-electron chi connectivity index (χ3n) is 6.12. The first kappa shape index (κ1) is 25.5. The molecule has 8 heteroatoms. The Kier molecular flexibility index (Phi) is 8.20. The minimum atomic E-state index is -0.466. The molecular weight excluding hydrogens is 468 g/mol. The summed E-state index contributed by atoms with van der Waals surface area (Å²) in [6.45, 7) is 0.608. The zero-order valence-electron chi connectivity index (χ0n) is 20.7. The first-order chi connectivity index (χ1) is 18.0. The quantitative estimate of drug-likeness (QED) is 0.209. The number of benzene rings is 3. The summed E-state index contributed by atoms with van der Waals surface area (Å²) in [4.78, 5) is 38.3. The molecule has 0 aliphatic carbocycles. The molecule has 4 rings (SSSR count). The van der Waals surface area contributed by atoms with Crippen LogP contribution in [0.5, 0.6) is 5.75 Å². The maximum atomic E-state index is 13.1. The molecule has 37 heavy (non-hydrogen) atoms. The number of carbonyl (C=O) groups excluding carboxylic acids is 2. The topological polar surface area (TPSA) is 115 Å². The number of amides is 2. The van der Waals surface area contributed by atoms with Crippen LogP contribution in [0.25, 0.3) is 10.9 Å². The number of ether oxygens (including phenoxy) is 1. The van der Waals surface area contributed by atoms with Gasteiger partial charge in [0.25, 0.3) is 5.91 Å². The van der Waals surface area contributed by atoms with E-state index >= 15 is 0 Å². The highest BCUT2D eigenvalue weighted by Crippen LogP contribution is 2.19. The van der Waals surface area contributed by atoms with Crippen molar-refractivity contribution in [1.82, 2.24) is 4.57 Å². The minimum absolute atomic E-state index is 0.0781. The van der Waals surface area contributed by atoms with E-state index in [9.17, 15) is 14.4 Å². The Hall–Kier alpha value is -4.59. The van der Waals surface area contributed by atoms with E-state index < -0.39 is 5.91 Å². The molecule has 4 aromatic rings. The summed E-state index contributed by atoms with van der Waals surface area (Å²) in [7, 11) is 1.57. The van der Waals surface area contributed by atoms with Gasteiger partial charge in [-0.3, -0.25) is 14.4 Å². The maximum absolute atomic E-state index is 13.1. The van der Waals surface area contributed by atoms with Crippen LogP contribution in [0, 0.1) is 0 Å². The van der Waals surface area contributed by atoms with Crippen LogP contribution >= 0.6 is 0 Å². The van der Waals surface area contributed by atoms with Gasteiger partial charge in [-0.05, 0) is 61.4 Å². The summed E-state index contributed by atoms with van der Waals surface area (Å²) >= 11 is 0. The fraction of sp³-hybridized carbons (Fsp3) is 0.207. The van der Waals surface area contributed by atoms with Gasteiger partial charge in [-0.15, -0.1) is 0 Å². The second kappa shape index (κ2) is 11.9. The van der Waals surface area contributed by atoms with E-state index in [0.29, 0.717) is 47.6 Å². The van der Waals surface area contributed by atoms with Gasteiger partial charge in [0, 0.05) is 30.2 Å². The van der Waals surface area contributed by atoms with E-state index in [2.05, 4.69) is 10.6 Å². The Labute approximate surface area is 215 Å². The predicted octanol–water partition coefficient (Wildman–Crippen LogP) is 5.04. The van der Waals surface area contributed by atoms with Crippen LogP contribution in [0.15, 0.2) is 83.8 Å². The van der Waals surface area contributed by atoms with Gasteiger partial charge in [0.2, 0.25) is 11.3 Å². The number of anilines is 3. The Morgan fingerprint density at radius 1 is 0.892 bits per heavy atom. The molecule has 0 saturated carbocycles. The fourth-order valence-electron chi connectivity index (χ4n) is 4.13. The van der Waals surface area contributed by atoms with Crippen LogP contribution in [-0.4, -0.2) is 23.5 Å². The lowest BCUT2D eigenvalue weighted by molar-refractivity contribution is -0.116. The van der Waals surface area contributed by atoms with Gasteiger partial charge in [0.05, 0.1) is 24.0 Å². The van der Waals surface area contributed by atoms with Gasteiger partial charge in [0.1, 0.15) is 11.3 Å². The number of rotatable bonds is 10. The highest BCUT2D eigenvalue weighted by atomic mass is 16.5. The summed E-state index contributed by atoms with van der Waals surface area (Å²) in [6.07, 6.45) is 4.31. The van der Waals surface area contributed by atoms with Gasteiger partial charge in [-0.2, -0.15) is 0 Å². The molecule has 190 valence electrons. The molecule has 8 nitrogen and oxygen atoms in total. The molecule has 0 fully saturated rings. The maximum Gasteiger partial charge on any atom is 0.261 e. The van der Waals surface area contributed by atoms with Crippen molar-refractivity contribution in [2.75, 3.05) is 23.5 Å². The number of hydrogen-bond donors (Lipinski definition) is 3. The summed E-state index contributed by atoms with van der Waals surface area (Å²) in [5.74, 6) is 0.128. The molecular formula is C29H30N4O4. The number of fused-ring (bicyclic) bond motifs is 1. The van der Waals surface area contributed by atoms with Crippen LogP contribution < -0.4 is 26.5 Å². The van der Waals surface area contributed by atoms with Crippen LogP contribution in [0.2, 0.25) is 0 Å². The second-order valence-electron chi connectivity index (χ2n) is 8.71. The van der Waals surface area contributed by atoms with Crippen LogP contribution in [0.4, 0.5) is 17.1 Å². The number of aryl methyl sites for hydroxylation is 1. The largest absolute Gasteiger partial charge is 0.497 e. The molecule has 0 aliphatic heterocycles. The molecule has 0 spiro atoms. The number of nitrogens with zero attached hydrogens (tertiary/aromatic N) is 1. The molecule has 2 amide bonds. The highest BCUT2D eigenvalue weighted by molar-refractivity contribution is 6.05. The van der Waals surface area contributed by atoms with E-state index in [0.717, 1.165) is 18.4 Å². The molecule has 0 saturated heterocycles. The number of carbonyl (C=O) groups is 2. The van der Waals surface area contributed by atoms with Crippen molar-refractivity contribution in [2.24, 2.45) is 0 Å². The third kappa shape index (κ3) is 6.35. The summed E-state index contributed by atoms with van der Waals surface area (Å²) in [6, 6.07) is 21.4. The molecule has 0 atom stereocenters. The monoisotopic (exact) mass is 498 g/mol. The lowest BCUT2D eigenvalue weighted by Crippen LogP contribution is -2.24. The van der Waals surface area contributed by atoms with Crippen LogP contribution in [-0.2, 0) is 11.3 Å². The average Bonchev–Trinajstić information content (AvgIpc) is 2.91. The lowest BCUT2D eigenvalue weighted by Gasteiger charge is -2.14. The van der Waals surface area contributed by atoms with Crippen molar-refractivity contribution in [3.05, 3.63) is 94.8 Å². The van der Waals surface area contributed by atoms with Crippen molar-refractivity contribution in [3.8, 4) is 5.75 Å². The number of nitrogens with two attached hydrogens (primary N) is 1. The van der Waals surface area contributed by atoms with E-state index in [1.54, 1.807) is 61.8 Å².